The molecule has 0 radical (unpaired) electrons. The molecule has 2 heterocycles. The Balaban J connectivity index is 1.27. The SMILES string of the molecule is O=C(NC1=NC2(c3cccc(F)c3F)COC(COC(c3ccccc3)(c3ccccc3)c3ccccc3)C2CS1)c1ccccc1. The summed E-state index contributed by atoms with van der Waals surface area (Å²) in [5.41, 5.74) is 1.13. The maximum atomic E-state index is 15.6. The minimum Gasteiger partial charge on any atom is -0.372 e. The lowest BCUT2D eigenvalue weighted by atomic mass is 9.78. The molecule has 8 heteroatoms. The van der Waals surface area contributed by atoms with Crippen LogP contribution in [0.2, 0.25) is 0 Å². The molecule has 1 N–H and O–H groups in total. The molecule has 0 aliphatic carbocycles. The second-order valence-electron chi connectivity index (χ2n) is 11.6. The molecule has 0 saturated carbocycles. The van der Waals surface area contributed by atoms with Gasteiger partial charge in [0, 0.05) is 22.8 Å². The van der Waals surface area contributed by atoms with Crippen LogP contribution in [0.25, 0.3) is 0 Å². The van der Waals surface area contributed by atoms with E-state index >= 15 is 4.39 Å². The summed E-state index contributed by atoms with van der Waals surface area (Å²) in [6, 6.07) is 43.0. The van der Waals surface area contributed by atoms with Gasteiger partial charge in [0.2, 0.25) is 0 Å². The number of aliphatic imine (C=N–C) groups is 1. The normalized spacial score (nSPS) is 20.7. The first-order chi connectivity index (χ1) is 23.0. The number of hydrogen-bond acceptors (Lipinski definition) is 5. The van der Waals surface area contributed by atoms with Crippen molar-refractivity contribution < 1.29 is 23.0 Å². The smallest absolute Gasteiger partial charge is 0.257 e. The van der Waals surface area contributed by atoms with Crippen molar-refractivity contribution in [3.05, 3.63) is 179 Å². The number of thioether (sulfide) groups is 1. The predicted octanol–water partition coefficient (Wildman–Crippen LogP) is 7.72. The van der Waals surface area contributed by atoms with Crippen LogP contribution in [-0.2, 0) is 20.6 Å². The highest BCUT2D eigenvalue weighted by Crippen LogP contribution is 2.50. The average molecular weight is 647 g/mol. The van der Waals surface area contributed by atoms with Gasteiger partial charge in [-0.2, -0.15) is 0 Å². The standard InChI is InChI=1S/C39H32F2N2O3S/c40-33-23-13-22-31(35(33)41)38-26-45-34(32(38)25-47-37(43-38)42-36(44)27-14-5-1-6-15-27)24-46-39(28-16-7-2-8-17-28,29-18-9-3-10-19-29)30-20-11-4-12-21-30/h1-23,32,34H,24-26H2,(H,42,43,44). The van der Waals surface area contributed by atoms with E-state index in [4.69, 9.17) is 14.5 Å². The van der Waals surface area contributed by atoms with E-state index in [0.717, 1.165) is 22.8 Å². The Bertz CT molecular complexity index is 1780. The fourth-order valence-corrected chi connectivity index (χ4v) is 7.87. The molecule has 1 fully saturated rings. The van der Waals surface area contributed by atoms with E-state index in [9.17, 15) is 9.18 Å². The number of carbonyl (C=O) groups is 1. The first-order valence-corrected chi connectivity index (χ1v) is 16.5. The Kier molecular flexibility index (Phi) is 8.73. The van der Waals surface area contributed by atoms with Crippen molar-refractivity contribution in [3.8, 4) is 0 Å². The van der Waals surface area contributed by atoms with Gasteiger partial charge in [0.05, 0.1) is 19.3 Å². The molecule has 3 unspecified atom stereocenters. The van der Waals surface area contributed by atoms with Crippen LogP contribution in [0.15, 0.2) is 145 Å². The monoisotopic (exact) mass is 646 g/mol. The Labute approximate surface area is 276 Å². The number of nitrogens with one attached hydrogen (secondary N) is 1. The molecule has 5 aromatic rings. The van der Waals surface area contributed by atoms with Crippen LogP contribution in [0.3, 0.4) is 0 Å². The first kappa shape index (κ1) is 31.0. The van der Waals surface area contributed by atoms with E-state index < -0.39 is 28.9 Å². The number of nitrogens with zero attached hydrogens (tertiary/aromatic N) is 1. The van der Waals surface area contributed by atoms with Crippen molar-refractivity contribution >= 4 is 22.8 Å². The van der Waals surface area contributed by atoms with Gasteiger partial charge in [-0.05, 0) is 34.9 Å². The van der Waals surface area contributed by atoms with Crippen LogP contribution in [0.4, 0.5) is 8.78 Å². The van der Waals surface area contributed by atoms with Gasteiger partial charge in [-0.15, -0.1) is 0 Å². The van der Waals surface area contributed by atoms with E-state index in [0.29, 0.717) is 16.5 Å². The zero-order chi connectivity index (χ0) is 32.3. The topological polar surface area (TPSA) is 59.9 Å². The van der Waals surface area contributed by atoms with Gasteiger partial charge >= 0.3 is 0 Å². The van der Waals surface area contributed by atoms with E-state index in [1.165, 1.54) is 17.8 Å². The van der Waals surface area contributed by atoms with Gasteiger partial charge < -0.3 is 14.8 Å². The Hall–Kier alpha value is -4.63. The molecular weight excluding hydrogens is 615 g/mol. The minimum absolute atomic E-state index is 0.00759. The molecule has 2 aliphatic heterocycles. The summed E-state index contributed by atoms with van der Waals surface area (Å²) in [6.07, 6.45) is -0.518. The predicted molar refractivity (Wildman–Crippen MR) is 180 cm³/mol. The number of halogens is 2. The molecule has 0 aromatic heterocycles. The molecule has 2 aliphatic rings. The zero-order valence-electron chi connectivity index (χ0n) is 25.4. The highest BCUT2D eigenvalue weighted by atomic mass is 32.2. The number of amidine groups is 1. The van der Waals surface area contributed by atoms with Crippen LogP contribution in [0.5, 0.6) is 0 Å². The number of fused-ring (bicyclic) bond motifs is 1. The van der Waals surface area contributed by atoms with E-state index in [-0.39, 0.29) is 30.6 Å². The molecule has 3 atom stereocenters. The highest BCUT2D eigenvalue weighted by Gasteiger charge is 2.55. The summed E-state index contributed by atoms with van der Waals surface area (Å²) in [5.74, 6) is -2.22. The molecule has 236 valence electrons. The first-order valence-electron chi connectivity index (χ1n) is 15.5. The number of amides is 1. The van der Waals surface area contributed by atoms with Crippen molar-refractivity contribution in [1.29, 1.82) is 0 Å². The second-order valence-corrected chi connectivity index (χ2v) is 12.6. The van der Waals surface area contributed by atoms with Crippen LogP contribution in [-0.4, -0.2) is 36.1 Å². The molecule has 5 aromatic carbocycles. The summed E-state index contributed by atoms with van der Waals surface area (Å²) in [6.45, 7) is 0.135. The van der Waals surface area contributed by atoms with E-state index in [2.05, 4.69) is 5.32 Å². The van der Waals surface area contributed by atoms with E-state index in [1.54, 1.807) is 30.3 Å². The second kappa shape index (κ2) is 13.2. The van der Waals surface area contributed by atoms with Crippen LogP contribution in [0, 0.1) is 17.6 Å². The number of benzene rings is 5. The maximum absolute atomic E-state index is 15.6. The molecule has 5 nitrogen and oxygen atoms in total. The molecule has 0 spiro atoms. The van der Waals surface area contributed by atoms with Gasteiger partial charge in [-0.1, -0.05) is 133 Å². The molecule has 1 amide bonds. The molecule has 1 saturated heterocycles. The van der Waals surface area contributed by atoms with Crippen LogP contribution < -0.4 is 5.32 Å². The lowest BCUT2D eigenvalue weighted by Crippen LogP contribution is -2.46. The summed E-state index contributed by atoms with van der Waals surface area (Å²) in [7, 11) is 0. The van der Waals surface area contributed by atoms with Gasteiger partial charge in [-0.3, -0.25) is 4.79 Å². The van der Waals surface area contributed by atoms with E-state index in [1.807, 2.05) is 97.1 Å². The minimum atomic E-state index is -1.28. The molecule has 7 rings (SSSR count). The highest BCUT2D eigenvalue weighted by molar-refractivity contribution is 8.13. The van der Waals surface area contributed by atoms with Gasteiger partial charge in [0.1, 0.15) is 11.1 Å². The number of ether oxygens (including phenoxy) is 2. The lowest BCUT2D eigenvalue weighted by Gasteiger charge is -2.39. The Morgan fingerprint density at radius 2 is 1.36 bits per heavy atom. The fourth-order valence-electron chi connectivity index (χ4n) is 6.65. The largest absolute Gasteiger partial charge is 0.372 e. The molecule has 0 bridgehead atoms. The van der Waals surface area contributed by atoms with Crippen molar-refractivity contribution in [3.63, 3.8) is 0 Å². The molecular formula is C39H32F2N2O3S. The van der Waals surface area contributed by atoms with Gasteiger partial charge in [-0.25, -0.2) is 13.8 Å². The molecule has 47 heavy (non-hydrogen) atoms. The summed E-state index contributed by atoms with van der Waals surface area (Å²) < 4.78 is 43.9. The van der Waals surface area contributed by atoms with Gasteiger partial charge in [0.25, 0.3) is 5.91 Å². The zero-order valence-corrected chi connectivity index (χ0v) is 26.2. The van der Waals surface area contributed by atoms with Crippen molar-refractivity contribution in [2.75, 3.05) is 19.0 Å². The Morgan fingerprint density at radius 3 is 1.94 bits per heavy atom. The Morgan fingerprint density at radius 1 is 0.809 bits per heavy atom. The third kappa shape index (κ3) is 5.78. The summed E-state index contributed by atoms with van der Waals surface area (Å²) in [5, 5.41) is 3.21. The fraction of sp³-hybridized carbons (Fsp3) is 0.179. The van der Waals surface area contributed by atoms with Crippen LogP contribution >= 0.6 is 11.8 Å². The average Bonchev–Trinajstić information content (AvgIpc) is 3.50. The lowest BCUT2D eigenvalue weighted by molar-refractivity contribution is -0.0536. The summed E-state index contributed by atoms with van der Waals surface area (Å²) in [4.78, 5) is 18.0. The third-order valence-electron chi connectivity index (χ3n) is 8.96. The maximum Gasteiger partial charge on any atom is 0.257 e. The van der Waals surface area contributed by atoms with Crippen molar-refractivity contribution in [2.45, 2.75) is 17.2 Å². The van der Waals surface area contributed by atoms with Crippen molar-refractivity contribution in [2.24, 2.45) is 10.9 Å². The quantitative estimate of drug-likeness (QED) is 0.176. The van der Waals surface area contributed by atoms with Crippen molar-refractivity contribution in [1.82, 2.24) is 5.32 Å². The van der Waals surface area contributed by atoms with Crippen LogP contribution in [0.1, 0.15) is 32.6 Å². The third-order valence-corrected chi connectivity index (χ3v) is 9.95. The number of hydrogen-bond donors (Lipinski definition) is 1. The number of rotatable bonds is 8. The number of carbonyl (C=O) groups excluding carboxylic acids is 1. The van der Waals surface area contributed by atoms with Gasteiger partial charge in [0.15, 0.2) is 16.8 Å². The summed E-state index contributed by atoms with van der Waals surface area (Å²) >= 11 is 1.36.